The van der Waals surface area contributed by atoms with Gasteiger partial charge in [-0.05, 0) is 57.1 Å². The number of aromatic nitrogens is 4. The predicted molar refractivity (Wildman–Crippen MR) is 149 cm³/mol. The maximum atomic E-state index is 12.6. The van der Waals surface area contributed by atoms with Crippen molar-refractivity contribution in [1.82, 2.24) is 25.1 Å². The molecule has 0 spiro atoms. The third-order valence-electron chi connectivity index (χ3n) is 7.83. The Morgan fingerprint density at radius 2 is 1.89 bits per heavy atom. The van der Waals surface area contributed by atoms with Gasteiger partial charge in [-0.25, -0.2) is 4.98 Å². The number of carbonyl (C=O) groups is 1. The number of nitrogens with zero attached hydrogens (tertiary/aromatic N) is 4. The number of anilines is 1. The highest BCUT2D eigenvalue weighted by atomic mass is 16.1. The van der Waals surface area contributed by atoms with Gasteiger partial charge >= 0.3 is 0 Å². The number of rotatable bonds is 1. The Labute approximate surface area is 217 Å². The van der Waals surface area contributed by atoms with Crippen LogP contribution in [0.5, 0.6) is 0 Å². The molecule has 2 bridgehead atoms. The van der Waals surface area contributed by atoms with E-state index < -0.39 is 0 Å². The van der Waals surface area contributed by atoms with Crippen LogP contribution in [0.1, 0.15) is 75.8 Å². The summed E-state index contributed by atoms with van der Waals surface area (Å²) in [6, 6.07) is 10.6. The second-order valence-corrected chi connectivity index (χ2v) is 10.5. The number of benzene rings is 1. The lowest BCUT2D eigenvalue weighted by Crippen LogP contribution is -2.39. The SMILES string of the molecule is Nc1ncc2c3c1c(-c1cnc4ccccc4c1)nn3[C@@H]1CCC[C@H](C1)NC(=O)CCCCCCC=C2. The fourth-order valence-electron chi connectivity index (χ4n) is 5.94. The fraction of sp³-hybridized carbons (Fsp3) is 0.400. The van der Waals surface area contributed by atoms with E-state index in [-0.39, 0.29) is 18.0 Å². The Morgan fingerprint density at radius 3 is 2.84 bits per heavy atom. The lowest BCUT2D eigenvalue weighted by molar-refractivity contribution is -0.122. The predicted octanol–water partition coefficient (Wildman–Crippen LogP) is 6.20. The van der Waals surface area contributed by atoms with Gasteiger partial charge in [0, 0.05) is 41.4 Å². The number of fused-ring (bicyclic) bond motifs is 4. The molecule has 3 N–H and O–H groups in total. The number of para-hydroxylation sites is 1. The first kappa shape index (κ1) is 23.6. The van der Waals surface area contributed by atoms with Gasteiger partial charge in [0.1, 0.15) is 11.5 Å². The van der Waals surface area contributed by atoms with E-state index >= 15 is 0 Å². The molecular weight excluding hydrogens is 460 g/mol. The summed E-state index contributed by atoms with van der Waals surface area (Å²) >= 11 is 0. The molecule has 4 heterocycles. The number of pyridine rings is 2. The molecule has 7 nitrogen and oxygen atoms in total. The zero-order valence-corrected chi connectivity index (χ0v) is 21.2. The maximum absolute atomic E-state index is 12.6. The van der Waals surface area contributed by atoms with E-state index in [0.29, 0.717) is 12.2 Å². The van der Waals surface area contributed by atoms with E-state index in [4.69, 9.17) is 15.8 Å². The van der Waals surface area contributed by atoms with Crippen LogP contribution in [0.3, 0.4) is 0 Å². The van der Waals surface area contributed by atoms with Crippen LogP contribution < -0.4 is 11.1 Å². The molecule has 0 radical (unpaired) electrons. The first-order valence-corrected chi connectivity index (χ1v) is 13.6. The Kier molecular flexibility index (Phi) is 6.60. The van der Waals surface area contributed by atoms with E-state index in [1.165, 1.54) is 0 Å². The summed E-state index contributed by atoms with van der Waals surface area (Å²) in [7, 11) is 0. The monoisotopic (exact) mass is 494 g/mol. The molecule has 190 valence electrons. The average molecular weight is 495 g/mol. The third-order valence-corrected chi connectivity index (χ3v) is 7.83. The lowest BCUT2D eigenvalue weighted by Gasteiger charge is -2.30. The van der Waals surface area contributed by atoms with E-state index in [0.717, 1.165) is 96.4 Å². The number of hydrogen-bond acceptors (Lipinski definition) is 5. The molecular formula is C30H34N6O. The Bertz CT molecular complexity index is 1470. The van der Waals surface area contributed by atoms with Gasteiger partial charge in [-0.15, -0.1) is 0 Å². The molecule has 7 heteroatoms. The number of carbonyl (C=O) groups excluding carboxylic acids is 1. The number of nitrogens with two attached hydrogens (primary N) is 1. The molecule has 1 aliphatic heterocycles. The highest BCUT2D eigenvalue weighted by Gasteiger charge is 2.29. The highest BCUT2D eigenvalue weighted by Crippen LogP contribution is 2.39. The molecule has 2 aliphatic rings. The van der Waals surface area contributed by atoms with Crippen molar-refractivity contribution < 1.29 is 4.79 Å². The first-order chi connectivity index (χ1) is 18.2. The van der Waals surface area contributed by atoms with Gasteiger partial charge < -0.3 is 11.1 Å². The van der Waals surface area contributed by atoms with Crippen molar-refractivity contribution in [2.75, 3.05) is 5.73 Å². The Balaban J connectivity index is 1.51. The molecule has 1 aromatic carbocycles. The quantitative estimate of drug-likeness (QED) is 0.328. The summed E-state index contributed by atoms with van der Waals surface area (Å²) < 4.78 is 2.17. The van der Waals surface area contributed by atoms with Gasteiger partial charge in [0.25, 0.3) is 0 Å². The number of allylic oxidation sites excluding steroid dienone is 1. The van der Waals surface area contributed by atoms with Gasteiger partial charge in [-0.1, -0.05) is 43.2 Å². The Morgan fingerprint density at radius 1 is 1.00 bits per heavy atom. The number of nitrogen functional groups attached to an aromatic ring is 1. The van der Waals surface area contributed by atoms with E-state index in [2.05, 4.69) is 39.3 Å². The molecule has 37 heavy (non-hydrogen) atoms. The highest BCUT2D eigenvalue weighted by molar-refractivity contribution is 6.04. The summed E-state index contributed by atoms with van der Waals surface area (Å²) in [6.45, 7) is 0. The average Bonchev–Trinajstić information content (AvgIpc) is 3.32. The molecule has 2 atom stereocenters. The zero-order valence-electron chi connectivity index (χ0n) is 21.2. The van der Waals surface area contributed by atoms with Gasteiger partial charge in [0.15, 0.2) is 0 Å². The van der Waals surface area contributed by atoms with E-state index in [9.17, 15) is 4.79 Å². The van der Waals surface area contributed by atoms with Crippen LogP contribution >= 0.6 is 0 Å². The molecule has 3 aromatic heterocycles. The van der Waals surface area contributed by atoms with Gasteiger partial charge in [0.2, 0.25) is 5.91 Å². The summed E-state index contributed by atoms with van der Waals surface area (Å²) in [5.74, 6) is 0.664. The molecule has 6 rings (SSSR count). The van der Waals surface area contributed by atoms with Crippen LogP contribution in [-0.4, -0.2) is 31.7 Å². The minimum absolute atomic E-state index is 0.169. The van der Waals surface area contributed by atoms with Crippen molar-refractivity contribution in [2.24, 2.45) is 0 Å². The molecule has 1 fully saturated rings. The summed E-state index contributed by atoms with van der Waals surface area (Å²) in [6.07, 6.45) is 18.0. The smallest absolute Gasteiger partial charge is 0.220 e. The summed E-state index contributed by atoms with van der Waals surface area (Å²) in [4.78, 5) is 21.9. The number of amides is 1. The van der Waals surface area contributed by atoms with Crippen molar-refractivity contribution in [2.45, 2.75) is 76.3 Å². The van der Waals surface area contributed by atoms with E-state index in [1.54, 1.807) is 0 Å². The van der Waals surface area contributed by atoms with Crippen LogP contribution in [0.2, 0.25) is 0 Å². The largest absolute Gasteiger partial charge is 0.383 e. The molecule has 0 unspecified atom stereocenters. The molecule has 1 aliphatic carbocycles. The molecule has 1 amide bonds. The van der Waals surface area contributed by atoms with Gasteiger partial charge in [-0.3, -0.25) is 14.5 Å². The molecule has 1 saturated carbocycles. The molecule has 4 aromatic rings. The minimum Gasteiger partial charge on any atom is -0.383 e. The minimum atomic E-state index is 0.169. The second-order valence-electron chi connectivity index (χ2n) is 10.5. The van der Waals surface area contributed by atoms with Crippen molar-refractivity contribution in [3.63, 3.8) is 0 Å². The maximum Gasteiger partial charge on any atom is 0.220 e. The lowest BCUT2D eigenvalue weighted by atomic mass is 9.90. The normalized spacial score (nSPS) is 21.2. The molecule has 0 saturated heterocycles. The van der Waals surface area contributed by atoms with Crippen LogP contribution in [0, 0.1) is 0 Å². The standard InChI is InChI=1S/C30H34N6O/c31-30-27-28(22-16-20-10-7-8-14-25(20)32-19-22)35-36-24-13-9-12-23(17-24)34-26(37)15-6-4-2-1-3-5-11-21(18-33-30)29(27)36/h5,7-8,10-11,14,16,18-19,23-24H,1-4,6,9,12-13,15,17H2,(H2,31,33)(H,34,37)/t23-,24-/m1/s1. The van der Waals surface area contributed by atoms with Crippen molar-refractivity contribution in [3.05, 3.63) is 54.4 Å². The zero-order chi connectivity index (χ0) is 25.2. The number of hydrogen-bond donors (Lipinski definition) is 2. The van der Waals surface area contributed by atoms with Crippen molar-refractivity contribution >= 4 is 39.6 Å². The summed E-state index contributed by atoms with van der Waals surface area (Å²) in [5.41, 5.74) is 11.3. The third kappa shape index (κ3) is 4.82. The van der Waals surface area contributed by atoms with Crippen molar-refractivity contribution in [1.29, 1.82) is 0 Å². The topological polar surface area (TPSA) is 98.7 Å². The fourth-order valence-corrected chi connectivity index (χ4v) is 5.94. The summed E-state index contributed by atoms with van der Waals surface area (Å²) in [5, 5.41) is 10.5. The number of nitrogens with one attached hydrogen (secondary N) is 1. The Hall–Kier alpha value is -3.74. The van der Waals surface area contributed by atoms with Crippen LogP contribution in [-0.2, 0) is 4.79 Å². The second kappa shape index (κ2) is 10.3. The first-order valence-electron chi connectivity index (χ1n) is 13.6. The van der Waals surface area contributed by atoms with Crippen LogP contribution in [0.25, 0.3) is 39.1 Å². The van der Waals surface area contributed by atoms with Gasteiger partial charge in [-0.2, -0.15) is 5.10 Å². The van der Waals surface area contributed by atoms with E-state index in [1.807, 2.05) is 30.6 Å². The van der Waals surface area contributed by atoms with Crippen LogP contribution in [0.15, 0.2) is 48.8 Å². The van der Waals surface area contributed by atoms with Crippen LogP contribution in [0.4, 0.5) is 5.82 Å². The van der Waals surface area contributed by atoms with Gasteiger partial charge in [0.05, 0.1) is 22.5 Å². The van der Waals surface area contributed by atoms with Crippen molar-refractivity contribution in [3.8, 4) is 11.3 Å².